The van der Waals surface area contributed by atoms with E-state index in [0.29, 0.717) is 12.5 Å². The lowest BCUT2D eigenvalue weighted by Crippen LogP contribution is -2.23. The fourth-order valence-electron chi connectivity index (χ4n) is 1.60. The summed E-state index contributed by atoms with van der Waals surface area (Å²) in [6, 6.07) is 9.53. The number of ether oxygens (including phenoxy) is 1. The fraction of sp³-hybridized carbons (Fsp3) is 0.611. The Morgan fingerprint density at radius 2 is 1.62 bits per heavy atom. The van der Waals surface area contributed by atoms with Gasteiger partial charge in [-0.1, -0.05) is 58.9 Å². The smallest absolute Gasteiger partial charge is 0.292 e. The zero-order valence-corrected chi connectivity index (χ0v) is 15.0. The Hall–Kier alpha value is -1.35. The van der Waals surface area contributed by atoms with E-state index in [0.717, 1.165) is 6.42 Å². The second-order valence-corrected chi connectivity index (χ2v) is 5.67. The SMILES string of the molecule is CC.CNC(C)Cc1ccc(C(C)(C)C)cc1.COC=O. The van der Waals surface area contributed by atoms with Gasteiger partial charge < -0.3 is 10.1 Å². The first-order chi connectivity index (χ1) is 9.85. The Morgan fingerprint density at radius 3 is 1.90 bits per heavy atom. The second kappa shape index (κ2) is 12.4. The highest BCUT2D eigenvalue weighted by Crippen LogP contribution is 2.22. The molecular weight excluding hydrogens is 262 g/mol. The van der Waals surface area contributed by atoms with E-state index in [1.54, 1.807) is 0 Å². The third-order valence-corrected chi connectivity index (χ3v) is 2.95. The van der Waals surface area contributed by atoms with Gasteiger partial charge in [-0.15, -0.1) is 0 Å². The van der Waals surface area contributed by atoms with Crippen LogP contribution in [0.3, 0.4) is 0 Å². The minimum atomic E-state index is 0.257. The average molecular weight is 295 g/mol. The molecule has 122 valence electrons. The first kappa shape index (κ1) is 21.9. The topological polar surface area (TPSA) is 38.3 Å². The van der Waals surface area contributed by atoms with Crippen molar-refractivity contribution in [3.63, 3.8) is 0 Å². The molecule has 0 aliphatic carbocycles. The van der Waals surface area contributed by atoms with Crippen molar-refractivity contribution in [2.75, 3.05) is 14.2 Å². The summed E-state index contributed by atoms with van der Waals surface area (Å²) in [5.41, 5.74) is 3.07. The number of hydrogen-bond acceptors (Lipinski definition) is 3. The van der Waals surface area contributed by atoms with Gasteiger partial charge in [0.2, 0.25) is 0 Å². The summed E-state index contributed by atoms with van der Waals surface area (Å²) in [7, 11) is 3.32. The standard InChI is InChI=1S/C14H23N.C2H4O2.C2H6/c1-11(15-5)10-12-6-8-13(9-7-12)14(2,3)4;1-4-2-3;1-2/h6-9,11,15H,10H2,1-5H3;2H,1H3;1-2H3. The van der Waals surface area contributed by atoms with Crippen LogP contribution in [-0.2, 0) is 21.4 Å². The molecule has 0 aliphatic rings. The van der Waals surface area contributed by atoms with E-state index in [1.807, 2.05) is 20.9 Å². The van der Waals surface area contributed by atoms with Crippen LogP contribution >= 0.6 is 0 Å². The molecule has 3 heteroatoms. The Morgan fingerprint density at radius 1 is 1.19 bits per heavy atom. The number of carbonyl (C=O) groups excluding carboxylic acids is 1. The Kier molecular flexibility index (Phi) is 12.9. The van der Waals surface area contributed by atoms with E-state index in [-0.39, 0.29) is 5.41 Å². The lowest BCUT2D eigenvalue weighted by atomic mass is 9.86. The van der Waals surface area contributed by atoms with Crippen LogP contribution in [0.15, 0.2) is 24.3 Å². The largest absolute Gasteiger partial charge is 0.471 e. The van der Waals surface area contributed by atoms with Gasteiger partial charge in [0.1, 0.15) is 0 Å². The van der Waals surface area contributed by atoms with Gasteiger partial charge in [0, 0.05) is 6.04 Å². The van der Waals surface area contributed by atoms with Gasteiger partial charge >= 0.3 is 0 Å². The summed E-state index contributed by atoms with van der Waals surface area (Å²) in [6.45, 7) is 13.3. The molecule has 0 bridgehead atoms. The Balaban J connectivity index is 0. The van der Waals surface area contributed by atoms with E-state index < -0.39 is 0 Å². The van der Waals surface area contributed by atoms with Gasteiger partial charge in [-0.2, -0.15) is 0 Å². The van der Waals surface area contributed by atoms with Crippen LogP contribution in [0.25, 0.3) is 0 Å². The van der Waals surface area contributed by atoms with E-state index in [4.69, 9.17) is 4.79 Å². The van der Waals surface area contributed by atoms with E-state index in [1.165, 1.54) is 18.2 Å². The van der Waals surface area contributed by atoms with Crippen LogP contribution in [-0.4, -0.2) is 26.7 Å². The highest BCUT2D eigenvalue weighted by Gasteiger charge is 2.12. The molecule has 0 aliphatic heterocycles. The molecule has 0 saturated carbocycles. The van der Waals surface area contributed by atoms with Crippen molar-refractivity contribution >= 4 is 6.47 Å². The molecule has 1 N–H and O–H groups in total. The predicted octanol–water partition coefficient (Wildman–Crippen LogP) is 3.95. The summed E-state index contributed by atoms with van der Waals surface area (Å²) in [5.74, 6) is 0. The molecule has 0 fully saturated rings. The third kappa shape index (κ3) is 11.0. The molecule has 0 radical (unpaired) electrons. The lowest BCUT2D eigenvalue weighted by molar-refractivity contribution is -0.126. The summed E-state index contributed by atoms with van der Waals surface area (Å²) >= 11 is 0. The molecular formula is C18H33NO2. The fourth-order valence-corrected chi connectivity index (χ4v) is 1.60. The molecule has 1 aromatic carbocycles. The van der Waals surface area contributed by atoms with E-state index in [9.17, 15) is 0 Å². The molecule has 0 spiro atoms. The van der Waals surface area contributed by atoms with Crippen LogP contribution in [0.1, 0.15) is 52.7 Å². The molecule has 0 heterocycles. The minimum absolute atomic E-state index is 0.257. The van der Waals surface area contributed by atoms with Gasteiger partial charge in [-0.3, -0.25) is 4.79 Å². The first-order valence-corrected chi connectivity index (χ1v) is 7.58. The zero-order valence-electron chi connectivity index (χ0n) is 15.0. The van der Waals surface area contributed by atoms with Crippen molar-refractivity contribution in [2.45, 2.75) is 59.4 Å². The monoisotopic (exact) mass is 295 g/mol. The van der Waals surface area contributed by atoms with Crippen molar-refractivity contribution in [1.29, 1.82) is 0 Å². The summed E-state index contributed by atoms with van der Waals surface area (Å²) in [5, 5.41) is 3.26. The molecule has 0 aromatic heterocycles. The lowest BCUT2D eigenvalue weighted by Gasteiger charge is -2.19. The Labute approximate surface area is 131 Å². The van der Waals surface area contributed by atoms with Crippen molar-refractivity contribution in [2.24, 2.45) is 0 Å². The number of likely N-dealkylation sites (N-methyl/N-ethyl adjacent to an activating group) is 1. The second-order valence-electron chi connectivity index (χ2n) is 5.67. The van der Waals surface area contributed by atoms with Crippen LogP contribution in [0.4, 0.5) is 0 Å². The Bertz CT molecular complexity index is 352. The number of hydrogen-bond donors (Lipinski definition) is 1. The summed E-state index contributed by atoms with van der Waals surface area (Å²) in [4.78, 5) is 8.95. The molecule has 1 unspecified atom stereocenters. The van der Waals surface area contributed by atoms with Gasteiger partial charge in [-0.05, 0) is 36.9 Å². The molecule has 1 aromatic rings. The quantitative estimate of drug-likeness (QED) is 0.855. The maximum Gasteiger partial charge on any atom is 0.292 e. The number of nitrogens with one attached hydrogen (secondary N) is 1. The highest BCUT2D eigenvalue weighted by atomic mass is 16.5. The van der Waals surface area contributed by atoms with Crippen LogP contribution < -0.4 is 5.32 Å². The van der Waals surface area contributed by atoms with Gasteiger partial charge in [-0.25, -0.2) is 0 Å². The van der Waals surface area contributed by atoms with Gasteiger partial charge in [0.05, 0.1) is 7.11 Å². The number of benzene rings is 1. The molecule has 1 rings (SSSR count). The maximum absolute atomic E-state index is 8.95. The molecule has 21 heavy (non-hydrogen) atoms. The highest BCUT2D eigenvalue weighted by molar-refractivity contribution is 5.36. The number of carbonyl (C=O) groups is 1. The maximum atomic E-state index is 8.95. The van der Waals surface area contributed by atoms with Gasteiger partial charge in [0.15, 0.2) is 0 Å². The number of methoxy groups -OCH3 is 1. The van der Waals surface area contributed by atoms with Crippen molar-refractivity contribution in [3.8, 4) is 0 Å². The van der Waals surface area contributed by atoms with Crippen molar-refractivity contribution in [3.05, 3.63) is 35.4 Å². The van der Waals surface area contributed by atoms with Crippen LogP contribution in [0.5, 0.6) is 0 Å². The van der Waals surface area contributed by atoms with Crippen molar-refractivity contribution in [1.82, 2.24) is 5.32 Å². The third-order valence-electron chi connectivity index (χ3n) is 2.95. The molecule has 1 atom stereocenters. The molecule has 0 saturated heterocycles. The summed E-state index contributed by atoms with van der Waals surface area (Å²) in [6.07, 6.45) is 1.10. The normalized spacial score (nSPS) is 11.2. The first-order valence-electron chi connectivity index (χ1n) is 7.58. The van der Waals surface area contributed by atoms with E-state index in [2.05, 4.69) is 62.0 Å². The van der Waals surface area contributed by atoms with Gasteiger partial charge in [0.25, 0.3) is 6.47 Å². The van der Waals surface area contributed by atoms with Crippen LogP contribution in [0, 0.1) is 0 Å². The average Bonchev–Trinajstić information content (AvgIpc) is 2.49. The van der Waals surface area contributed by atoms with Crippen LogP contribution in [0.2, 0.25) is 0 Å². The molecule has 3 nitrogen and oxygen atoms in total. The zero-order chi connectivity index (χ0) is 16.9. The van der Waals surface area contributed by atoms with E-state index >= 15 is 0 Å². The molecule has 0 amide bonds. The predicted molar refractivity (Wildman–Crippen MR) is 91.8 cm³/mol. The van der Waals surface area contributed by atoms with Crippen molar-refractivity contribution < 1.29 is 9.53 Å². The summed E-state index contributed by atoms with van der Waals surface area (Å²) < 4.78 is 3.86. The number of rotatable bonds is 4. The minimum Gasteiger partial charge on any atom is -0.471 e.